The van der Waals surface area contributed by atoms with Crippen molar-refractivity contribution >= 4 is 11.9 Å². The Balaban J connectivity index is 1.51. The van der Waals surface area contributed by atoms with E-state index in [-0.39, 0.29) is 23.5 Å². The van der Waals surface area contributed by atoms with Gasteiger partial charge in [-0.15, -0.1) is 0 Å². The standard InChI is InChI=1S/C31H42O18/c1-43-28(42)18-13-45-29(16(6-8-32)17(18)10-21(36)44-9-7-14-2-4-15(35)5-3-14)49-31-26(41)27(23(38)20(12-34)47-31)48-30-25(40)24(39)22(37)19(11-33)46-30/h2-6,13,17,19-20,22-27,29-35,37-41H,7-12H2,1H3/b16-6+/t17-,19+,20+,22+,23+,24-,25+,26+,27-,29-,30-,31-/m0/s1. The molecule has 49 heavy (non-hydrogen) atoms. The maximum Gasteiger partial charge on any atom is 0.337 e. The fourth-order valence-corrected chi connectivity index (χ4v) is 5.58. The molecule has 2 saturated heterocycles. The lowest BCUT2D eigenvalue weighted by molar-refractivity contribution is -0.369. The summed E-state index contributed by atoms with van der Waals surface area (Å²) < 4.78 is 38.1. The van der Waals surface area contributed by atoms with Crippen LogP contribution in [0.25, 0.3) is 0 Å². The summed E-state index contributed by atoms with van der Waals surface area (Å²) in [6.07, 6.45) is -16.7. The first-order valence-electron chi connectivity index (χ1n) is 15.4. The Morgan fingerprint density at radius 3 is 2.08 bits per heavy atom. The molecule has 1 aromatic carbocycles. The van der Waals surface area contributed by atoms with E-state index in [2.05, 4.69) is 0 Å². The topological polar surface area (TPSA) is 281 Å². The Morgan fingerprint density at radius 2 is 1.47 bits per heavy atom. The third kappa shape index (κ3) is 9.11. The van der Waals surface area contributed by atoms with Crippen LogP contribution >= 0.6 is 0 Å². The van der Waals surface area contributed by atoms with Gasteiger partial charge in [0.05, 0.1) is 51.8 Å². The molecule has 0 aromatic heterocycles. The molecule has 274 valence electrons. The van der Waals surface area contributed by atoms with Crippen molar-refractivity contribution in [2.24, 2.45) is 5.92 Å². The SMILES string of the molecule is COC(=O)C1=CO[C@@H](O[C@@H]2O[C@H](CO)[C@@H](O)[C@H](O[C@@H]3O[C@H](CO)[C@@H](O)[C@H](O)[C@H]3O)[C@H]2O)/C(=C/CO)[C@@H]1CC(=O)OCCc1ccc(O)cc1. The van der Waals surface area contributed by atoms with Gasteiger partial charge in [0.2, 0.25) is 6.29 Å². The van der Waals surface area contributed by atoms with Crippen molar-refractivity contribution < 1.29 is 88.7 Å². The first-order chi connectivity index (χ1) is 23.4. The fraction of sp³-hybridized carbons (Fsp3) is 0.613. The van der Waals surface area contributed by atoms with E-state index in [4.69, 9.17) is 33.2 Å². The summed E-state index contributed by atoms with van der Waals surface area (Å²) in [5, 5.41) is 91.3. The molecule has 3 heterocycles. The molecule has 18 nitrogen and oxygen atoms in total. The highest BCUT2D eigenvalue weighted by atomic mass is 16.8. The summed E-state index contributed by atoms with van der Waals surface area (Å²) in [5.41, 5.74) is 0.678. The van der Waals surface area contributed by atoms with Gasteiger partial charge in [0.15, 0.2) is 12.6 Å². The molecule has 12 atom stereocenters. The molecule has 4 rings (SSSR count). The first kappa shape index (κ1) is 38.6. The predicted octanol–water partition coefficient (Wildman–Crippen LogP) is -3.54. The minimum atomic E-state index is -1.92. The van der Waals surface area contributed by atoms with Gasteiger partial charge in [-0.1, -0.05) is 18.2 Å². The highest BCUT2D eigenvalue weighted by molar-refractivity contribution is 5.90. The van der Waals surface area contributed by atoms with Gasteiger partial charge in [-0.3, -0.25) is 4.79 Å². The van der Waals surface area contributed by atoms with Gasteiger partial charge in [0.25, 0.3) is 0 Å². The second-order valence-electron chi connectivity index (χ2n) is 11.5. The highest BCUT2D eigenvalue weighted by Crippen LogP contribution is 2.37. The lowest BCUT2D eigenvalue weighted by Crippen LogP contribution is -2.65. The number of aromatic hydroxyl groups is 1. The molecule has 0 amide bonds. The summed E-state index contributed by atoms with van der Waals surface area (Å²) in [7, 11) is 1.11. The molecule has 3 aliphatic rings. The molecule has 0 saturated carbocycles. The number of hydrogen-bond donors (Lipinski definition) is 9. The number of rotatable bonds is 13. The molecule has 2 fully saturated rings. The molecule has 0 unspecified atom stereocenters. The van der Waals surface area contributed by atoms with Crippen molar-refractivity contribution in [3.63, 3.8) is 0 Å². The quantitative estimate of drug-likeness (QED) is 0.0711. The van der Waals surface area contributed by atoms with Crippen LogP contribution in [0.5, 0.6) is 5.75 Å². The van der Waals surface area contributed by atoms with E-state index in [0.717, 1.165) is 18.9 Å². The first-order valence-corrected chi connectivity index (χ1v) is 15.4. The van der Waals surface area contributed by atoms with Gasteiger partial charge in [0, 0.05) is 17.9 Å². The van der Waals surface area contributed by atoms with Crippen molar-refractivity contribution in [1.29, 1.82) is 0 Å². The Bertz CT molecular complexity index is 1300. The van der Waals surface area contributed by atoms with Gasteiger partial charge in [-0.05, 0) is 17.7 Å². The lowest BCUT2D eigenvalue weighted by atomic mass is 9.86. The molecular weight excluding hydrogens is 660 g/mol. The lowest BCUT2D eigenvalue weighted by Gasteiger charge is -2.46. The normalized spacial score (nSPS) is 35.7. The third-order valence-electron chi connectivity index (χ3n) is 8.30. The number of aliphatic hydroxyl groups is 8. The van der Waals surface area contributed by atoms with Crippen molar-refractivity contribution in [2.45, 2.75) is 80.5 Å². The average Bonchev–Trinajstić information content (AvgIpc) is 3.09. The molecule has 1 aromatic rings. The zero-order valence-electron chi connectivity index (χ0n) is 26.3. The van der Waals surface area contributed by atoms with Gasteiger partial charge < -0.3 is 79.1 Å². The van der Waals surface area contributed by atoms with E-state index in [1.54, 1.807) is 12.1 Å². The molecule has 0 bridgehead atoms. The molecule has 0 aliphatic carbocycles. The van der Waals surface area contributed by atoms with Crippen molar-refractivity contribution in [2.75, 3.05) is 33.5 Å². The number of carbonyl (C=O) groups is 2. The van der Waals surface area contributed by atoms with Crippen LogP contribution in [0.2, 0.25) is 0 Å². The van der Waals surface area contributed by atoms with Crippen LogP contribution in [-0.4, -0.2) is 159 Å². The van der Waals surface area contributed by atoms with Gasteiger partial charge >= 0.3 is 11.9 Å². The average molecular weight is 703 g/mol. The number of hydrogen-bond acceptors (Lipinski definition) is 18. The van der Waals surface area contributed by atoms with E-state index in [9.17, 15) is 55.5 Å². The van der Waals surface area contributed by atoms with E-state index < -0.39 is 112 Å². The summed E-state index contributed by atoms with van der Waals surface area (Å²) in [6.45, 7) is -2.25. The number of esters is 2. The summed E-state index contributed by atoms with van der Waals surface area (Å²) in [4.78, 5) is 25.6. The van der Waals surface area contributed by atoms with Gasteiger partial charge in [-0.25, -0.2) is 4.79 Å². The van der Waals surface area contributed by atoms with E-state index >= 15 is 0 Å². The predicted molar refractivity (Wildman–Crippen MR) is 159 cm³/mol. The second kappa shape index (κ2) is 17.6. The molecule has 3 aliphatic heterocycles. The number of benzene rings is 1. The van der Waals surface area contributed by atoms with E-state index in [1.165, 1.54) is 18.2 Å². The Hall–Kier alpha value is -3.24. The smallest absolute Gasteiger partial charge is 0.337 e. The van der Waals surface area contributed by atoms with Crippen LogP contribution in [-0.2, 0) is 49.2 Å². The minimum Gasteiger partial charge on any atom is -0.508 e. The number of carbonyl (C=O) groups excluding carboxylic acids is 2. The van der Waals surface area contributed by atoms with Crippen molar-refractivity contribution in [3.8, 4) is 5.75 Å². The third-order valence-corrected chi connectivity index (χ3v) is 8.30. The molecule has 0 radical (unpaired) electrons. The summed E-state index contributed by atoms with van der Waals surface area (Å²) in [6, 6.07) is 6.29. The van der Waals surface area contributed by atoms with Crippen LogP contribution in [0.4, 0.5) is 0 Å². The van der Waals surface area contributed by atoms with Crippen LogP contribution in [0.15, 0.2) is 47.7 Å². The van der Waals surface area contributed by atoms with Crippen molar-refractivity contribution in [3.05, 3.63) is 53.3 Å². The fourth-order valence-electron chi connectivity index (χ4n) is 5.58. The monoisotopic (exact) mass is 702 g/mol. The largest absolute Gasteiger partial charge is 0.508 e. The van der Waals surface area contributed by atoms with Crippen LogP contribution in [0.3, 0.4) is 0 Å². The molecular formula is C31H42O18. The Morgan fingerprint density at radius 1 is 0.837 bits per heavy atom. The zero-order chi connectivity index (χ0) is 35.8. The summed E-state index contributed by atoms with van der Waals surface area (Å²) in [5.74, 6) is -2.66. The number of phenolic OH excluding ortho intramolecular Hbond substituents is 1. The highest BCUT2D eigenvalue weighted by Gasteiger charge is 2.52. The number of ether oxygens (including phenoxy) is 7. The molecule has 9 N–H and O–H groups in total. The minimum absolute atomic E-state index is 0.0229. The van der Waals surface area contributed by atoms with E-state index in [1.807, 2.05) is 0 Å². The van der Waals surface area contributed by atoms with Crippen LogP contribution < -0.4 is 0 Å². The maximum absolute atomic E-state index is 12.9. The van der Waals surface area contributed by atoms with E-state index in [0.29, 0.717) is 6.42 Å². The Labute approximate surface area is 279 Å². The molecule has 18 heteroatoms. The Kier molecular flexibility index (Phi) is 13.9. The zero-order valence-corrected chi connectivity index (χ0v) is 26.3. The second-order valence-corrected chi connectivity index (χ2v) is 11.5. The summed E-state index contributed by atoms with van der Waals surface area (Å²) >= 11 is 0. The number of phenols is 1. The van der Waals surface area contributed by atoms with Crippen LogP contribution in [0, 0.1) is 5.92 Å². The number of aliphatic hydroxyl groups excluding tert-OH is 8. The molecule has 0 spiro atoms. The van der Waals surface area contributed by atoms with Crippen LogP contribution in [0.1, 0.15) is 12.0 Å². The van der Waals surface area contributed by atoms with Crippen molar-refractivity contribution in [1.82, 2.24) is 0 Å². The van der Waals surface area contributed by atoms with Gasteiger partial charge in [0.1, 0.15) is 54.6 Å². The maximum atomic E-state index is 12.9. The number of methoxy groups -OCH3 is 1. The van der Waals surface area contributed by atoms with Gasteiger partial charge in [-0.2, -0.15) is 0 Å².